The molecule has 0 spiro atoms. The van der Waals surface area contributed by atoms with Gasteiger partial charge in [0.25, 0.3) is 0 Å². The first-order valence-corrected chi connectivity index (χ1v) is 2.36. The third kappa shape index (κ3) is 1.71. The van der Waals surface area contributed by atoms with Crippen molar-refractivity contribution in [1.29, 1.82) is 0 Å². The van der Waals surface area contributed by atoms with E-state index in [1.54, 1.807) is 0 Å². The molecule has 0 atom stereocenters. The van der Waals surface area contributed by atoms with E-state index in [0.29, 0.717) is 0 Å². The molecule has 2 nitrogen and oxygen atoms in total. The van der Waals surface area contributed by atoms with E-state index in [1.807, 2.05) is 0 Å². The lowest BCUT2D eigenvalue weighted by atomic mass is 10.4. The molecule has 0 aromatic heterocycles. The van der Waals surface area contributed by atoms with Crippen LogP contribution in [0.1, 0.15) is 6.42 Å². The molecule has 1 heterocycles. The van der Waals surface area contributed by atoms with Crippen LogP contribution in [0.25, 0.3) is 0 Å². The third-order valence-corrected chi connectivity index (χ3v) is 0.783. The second kappa shape index (κ2) is 2.77. The summed E-state index contributed by atoms with van der Waals surface area (Å²) in [4.78, 5) is 0. The van der Waals surface area contributed by atoms with Crippen molar-refractivity contribution >= 4 is 0 Å². The Morgan fingerprint density at radius 3 is 3.43 bits per heavy atom. The highest BCUT2D eigenvalue weighted by molar-refractivity contribution is 4.89. The molecule has 1 aliphatic rings. The van der Waals surface area contributed by atoms with Crippen LogP contribution in [-0.2, 0) is 0 Å². The zero-order valence-electron chi connectivity index (χ0n) is 4.07. The van der Waals surface area contributed by atoms with Gasteiger partial charge in [-0.05, 0) is 6.42 Å². The Balaban J connectivity index is 2.20. The molecule has 0 aromatic rings. The van der Waals surface area contributed by atoms with Crippen LogP contribution in [0.15, 0.2) is 12.2 Å². The summed E-state index contributed by atoms with van der Waals surface area (Å²) in [5.74, 6) is 0. The summed E-state index contributed by atoms with van der Waals surface area (Å²) in [6.07, 6.45) is 5.02. The van der Waals surface area contributed by atoms with Crippen LogP contribution in [0.3, 0.4) is 0 Å². The summed E-state index contributed by atoms with van der Waals surface area (Å²) < 4.78 is 0. The number of nitrogens with one attached hydrogen (secondary N) is 2. The molecule has 38 valence electrons. The second-order valence-corrected chi connectivity index (χ2v) is 1.36. The number of rotatable bonds is 0. The van der Waals surface area contributed by atoms with Gasteiger partial charge in [0.15, 0.2) is 0 Å². The third-order valence-electron chi connectivity index (χ3n) is 0.783. The minimum atomic E-state index is 0.896. The van der Waals surface area contributed by atoms with Gasteiger partial charge < -0.3 is 0 Å². The van der Waals surface area contributed by atoms with Crippen LogP contribution in [0.2, 0.25) is 0 Å². The van der Waals surface area contributed by atoms with E-state index in [2.05, 4.69) is 29.5 Å². The van der Waals surface area contributed by atoms with E-state index in [1.165, 1.54) is 0 Å². The fourth-order valence-corrected chi connectivity index (χ4v) is 0.449. The molecule has 1 aliphatic heterocycles. The van der Waals surface area contributed by atoms with Gasteiger partial charge in [0.1, 0.15) is 0 Å². The summed E-state index contributed by atoms with van der Waals surface area (Å²) in [5.41, 5.74) is 5.68. The highest BCUT2D eigenvalue weighted by atomic mass is 15.3. The van der Waals surface area contributed by atoms with Gasteiger partial charge >= 0.3 is 0 Å². The highest BCUT2D eigenvalue weighted by Gasteiger charge is 1.86. The van der Waals surface area contributed by atoms with E-state index < -0.39 is 0 Å². The standard InChI is InChI=1S/C5H8N2/c1-2-4-6-7-5-3-1/h1-2,6-7H,3-4H2. The summed E-state index contributed by atoms with van der Waals surface area (Å²) in [7, 11) is 0. The molecular formula is C5H8N2. The van der Waals surface area contributed by atoms with Crippen molar-refractivity contribution in [3.8, 4) is 0 Å². The van der Waals surface area contributed by atoms with Gasteiger partial charge in [-0.1, -0.05) is 12.2 Å². The van der Waals surface area contributed by atoms with E-state index >= 15 is 0 Å². The van der Waals surface area contributed by atoms with Crippen molar-refractivity contribution in [3.63, 3.8) is 0 Å². The Hall–Kier alpha value is -0.340. The first-order chi connectivity index (χ1) is 3.50. The van der Waals surface area contributed by atoms with Gasteiger partial charge in [0, 0.05) is 6.54 Å². The zero-order valence-corrected chi connectivity index (χ0v) is 4.07. The lowest BCUT2D eigenvalue weighted by Crippen LogP contribution is -2.27. The first-order valence-electron chi connectivity index (χ1n) is 2.36. The maximum absolute atomic E-state index is 2.90. The van der Waals surface area contributed by atoms with Crippen LogP contribution in [0, 0.1) is 6.54 Å². The molecule has 0 bridgehead atoms. The quantitative estimate of drug-likeness (QED) is 0.417. The molecule has 0 aliphatic carbocycles. The largest absolute Gasteiger partial charge is 0.253 e. The van der Waals surface area contributed by atoms with Gasteiger partial charge in [-0.25, -0.2) is 5.43 Å². The van der Waals surface area contributed by atoms with E-state index in [-0.39, 0.29) is 0 Å². The van der Waals surface area contributed by atoms with Gasteiger partial charge in [-0.3, -0.25) is 5.43 Å². The predicted octanol–water partition coefficient (Wildman–Crippen LogP) is 0.0793. The Labute approximate surface area is 43.6 Å². The SMILES string of the molecule is [C]1CC=CCNN1. The van der Waals surface area contributed by atoms with Crippen LogP contribution in [0.4, 0.5) is 0 Å². The summed E-state index contributed by atoms with van der Waals surface area (Å²) >= 11 is 0. The maximum atomic E-state index is 2.90. The van der Waals surface area contributed by atoms with E-state index in [0.717, 1.165) is 13.0 Å². The molecule has 0 amide bonds. The number of hydrogen-bond acceptors (Lipinski definition) is 2. The fraction of sp³-hybridized carbons (Fsp3) is 0.400. The highest BCUT2D eigenvalue weighted by Crippen LogP contribution is 1.85. The molecule has 2 heteroatoms. The Kier molecular flexibility index (Phi) is 1.90. The van der Waals surface area contributed by atoms with Crippen LogP contribution in [-0.4, -0.2) is 6.54 Å². The molecule has 0 saturated carbocycles. The van der Waals surface area contributed by atoms with Crippen molar-refractivity contribution in [2.24, 2.45) is 0 Å². The lowest BCUT2D eigenvalue weighted by Gasteiger charge is -1.94. The van der Waals surface area contributed by atoms with Crippen molar-refractivity contribution in [2.75, 3.05) is 6.54 Å². The molecule has 1 rings (SSSR count). The maximum Gasteiger partial charge on any atom is 0.0791 e. The van der Waals surface area contributed by atoms with Gasteiger partial charge in [-0.15, -0.1) is 0 Å². The number of hydrogen-bond donors (Lipinski definition) is 2. The molecule has 0 fully saturated rings. The average Bonchev–Trinajstić information content (AvgIpc) is 1.90. The topological polar surface area (TPSA) is 24.1 Å². The normalized spacial score (nSPS) is 21.7. The summed E-state index contributed by atoms with van der Waals surface area (Å²) in [6.45, 7) is 3.80. The fourth-order valence-electron chi connectivity index (χ4n) is 0.449. The lowest BCUT2D eigenvalue weighted by molar-refractivity contribution is 0.643. The van der Waals surface area contributed by atoms with Crippen molar-refractivity contribution < 1.29 is 0 Å². The van der Waals surface area contributed by atoms with Crippen LogP contribution in [0.5, 0.6) is 0 Å². The van der Waals surface area contributed by atoms with Crippen molar-refractivity contribution in [1.82, 2.24) is 10.9 Å². The molecule has 2 radical (unpaired) electrons. The van der Waals surface area contributed by atoms with Gasteiger partial charge in [0.2, 0.25) is 0 Å². The molecule has 0 saturated heterocycles. The summed E-state index contributed by atoms with van der Waals surface area (Å²) in [6, 6.07) is 0. The van der Waals surface area contributed by atoms with Crippen molar-refractivity contribution in [2.45, 2.75) is 6.42 Å². The monoisotopic (exact) mass is 96.1 g/mol. The van der Waals surface area contributed by atoms with E-state index in [4.69, 9.17) is 0 Å². The van der Waals surface area contributed by atoms with E-state index in [9.17, 15) is 0 Å². The molecule has 2 N–H and O–H groups in total. The Bertz CT molecular complexity index is 60.5. The molecular weight excluding hydrogens is 88.1 g/mol. The van der Waals surface area contributed by atoms with Crippen molar-refractivity contribution in [3.05, 3.63) is 18.7 Å². The minimum Gasteiger partial charge on any atom is -0.253 e. The Morgan fingerprint density at radius 2 is 2.43 bits per heavy atom. The first kappa shape index (κ1) is 4.81. The smallest absolute Gasteiger partial charge is 0.0791 e. The zero-order chi connectivity index (χ0) is 4.95. The predicted molar refractivity (Wildman–Crippen MR) is 28.1 cm³/mol. The van der Waals surface area contributed by atoms with Crippen LogP contribution >= 0.6 is 0 Å². The van der Waals surface area contributed by atoms with Gasteiger partial charge in [-0.2, -0.15) is 0 Å². The number of hydrazine groups is 1. The summed E-state index contributed by atoms with van der Waals surface area (Å²) in [5, 5.41) is 0. The van der Waals surface area contributed by atoms with Gasteiger partial charge in [0.05, 0.1) is 6.54 Å². The average molecular weight is 96.1 g/mol. The second-order valence-electron chi connectivity index (χ2n) is 1.36. The molecule has 0 unspecified atom stereocenters. The molecule has 0 aromatic carbocycles. The molecule has 7 heavy (non-hydrogen) atoms. The van der Waals surface area contributed by atoms with Crippen LogP contribution < -0.4 is 10.9 Å². The Morgan fingerprint density at radius 1 is 1.43 bits per heavy atom. The minimum absolute atomic E-state index is 0.896.